The molecule has 98 valence electrons. The maximum absolute atomic E-state index is 11.6. The standard InChI is InChI=1S/C14H21N3O/c1-3-15-14(18)8-9-17-11(2)10-16-12-6-4-5-7-13(12)17/h4-7,11,16H,3,8-10H2,1-2H3,(H,15,18). The summed E-state index contributed by atoms with van der Waals surface area (Å²) >= 11 is 0. The zero-order valence-electron chi connectivity index (χ0n) is 11.1. The number of carbonyl (C=O) groups is 1. The molecule has 1 aromatic rings. The molecule has 0 saturated carbocycles. The van der Waals surface area contributed by atoms with E-state index < -0.39 is 0 Å². The van der Waals surface area contributed by atoms with Gasteiger partial charge in [0.1, 0.15) is 0 Å². The normalized spacial score (nSPS) is 17.9. The Morgan fingerprint density at radius 2 is 2.28 bits per heavy atom. The van der Waals surface area contributed by atoms with E-state index in [0.29, 0.717) is 19.0 Å². The Morgan fingerprint density at radius 3 is 3.06 bits per heavy atom. The van der Waals surface area contributed by atoms with Gasteiger partial charge in [-0.15, -0.1) is 0 Å². The second kappa shape index (κ2) is 5.76. The second-order valence-electron chi connectivity index (χ2n) is 4.64. The van der Waals surface area contributed by atoms with Gasteiger partial charge in [-0.1, -0.05) is 12.1 Å². The highest BCUT2D eigenvalue weighted by Gasteiger charge is 2.22. The van der Waals surface area contributed by atoms with E-state index in [1.807, 2.05) is 19.1 Å². The molecule has 1 aromatic carbocycles. The van der Waals surface area contributed by atoms with Crippen LogP contribution in [0.15, 0.2) is 24.3 Å². The van der Waals surface area contributed by atoms with Crippen LogP contribution in [-0.2, 0) is 4.79 Å². The van der Waals surface area contributed by atoms with Gasteiger partial charge in [0.25, 0.3) is 0 Å². The van der Waals surface area contributed by atoms with Crippen molar-refractivity contribution >= 4 is 17.3 Å². The molecular formula is C14H21N3O. The van der Waals surface area contributed by atoms with Crippen molar-refractivity contribution in [2.75, 3.05) is 29.9 Å². The van der Waals surface area contributed by atoms with Crippen LogP contribution in [0.2, 0.25) is 0 Å². The van der Waals surface area contributed by atoms with Crippen molar-refractivity contribution in [3.63, 3.8) is 0 Å². The third kappa shape index (κ3) is 2.75. The molecule has 0 spiro atoms. The maximum atomic E-state index is 11.6. The third-order valence-corrected chi connectivity index (χ3v) is 3.29. The quantitative estimate of drug-likeness (QED) is 0.853. The van der Waals surface area contributed by atoms with E-state index in [2.05, 4.69) is 34.6 Å². The minimum absolute atomic E-state index is 0.126. The van der Waals surface area contributed by atoms with Crippen LogP contribution in [0.25, 0.3) is 0 Å². The second-order valence-corrected chi connectivity index (χ2v) is 4.64. The largest absolute Gasteiger partial charge is 0.381 e. The van der Waals surface area contributed by atoms with E-state index >= 15 is 0 Å². The Balaban J connectivity index is 2.05. The fraction of sp³-hybridized carbons (Fsp3) is 0.500. The molecule has 1 aliphatic rings. The number of amides is 1. The molecule has 2 rings (SSSR count). The highest BCUT2D eigenvalue weighted by molar-refractivity contribution is 5.78. The predicted octanol–water partition coefficient (Wildman–Crippen LogP) is 1.83. The van der Waals surface area contributed by atoms with Crippen molar-refractivity contribution in [2.24, 2.45) is 0 Å². The van der Waals surface area contributed by atoms with Gasteiger partial charge in [-0.3, -0.25) is 4.79 Å². The summed E-state index contributed by atoms with van der Waals surface area (Å²) in [5, 5.41) is 6.26. The fourth-order valence-corrected chi connectivity index (χ4v) is 2.33. The van der Waals surface area contributed by atoms with E-state index in [1.54, 1.807) is 0 Å². The van der Waals surface area contributed by atoms with Crippen molar-refractivity contribution in [2.45, 2.75) is 26.3 Å². The summed E-state index contributed by atoms with van der Waals surface area (Å²) in [5.41, 5.74) is 2.35. The molecule has 4 nitrogen and oxygen atoms in total. The lowest BCUT2D eigenvalue weighted by molar-refractivity contribution is -0.120. The topological polar surface area (TPSA) is 44.4 Å². The van der Waals surface area contributed by atoms with Crippen LogP contribution in [0.3, 0.4) is 0 Å². The highest BCUT2D eigenvalue weighted by atomic mass is 16.1. The molecule has 18 heavy (non-hydrogen) atoms. The number of para-hydroxylation sites is 2. The summed E-state index contributed by atoms with van der Waals surface area (Å²) < 4.78 is 0. The van der Waals surface area contributed by atoms with Gasteiger partial charge < -0.3 is 15.5 Å². The molecule has 0 radical (unpaired) electrons. The van der Waals surface area contributed by atoms with E-state index in [9.17, 15) is 4.79 Å². The Kier molecular flexibility index (Phi) is 4.07. The molecule has 1 heterocycles. The minimum atomic E-state index is 0.126. The molecule has 1 amide bonds. The molecule has 1 unspecified atom stereocenters. The van der Waals surface area contributed by atoms with Crippen LogP contribution in [0, 0.1) is 0 Å². The van der Waals surface area contributed by atoms with Crippen molar-refractivity contribution in [3.8, 4) is 0 Å². The molecule has 0 saturated heterocycles. The first-order valence-electron chi connectivity index (χ1n) is 6.58. The van der Waals surface area contributed by atoms with Gasteiger partial charge in [0.05, 0.1) is 11.4 Å². The van der Waals surface area contributed by atoms with Crippen LogP contribution >= 0.6 is 0 Å². The average Bonchev–Trinajstić information content (AvgIpc) is 2.38. The van der Waals surface area contributed by atoms with Gasteiger partial charge in [0, 0.05) is 32.1 Å². The number of rotatable bonds is 4. The van der Waals surface area contributed by atoms with Gasteiger partial charge in [-0.2, -0.15) is 0 Å². The van der Waals surface area contributed by atoms with Crippen LogP contribution in [0.5, 0.6) is 0 Å². The smallest absolute Gasteiger partial charge is 0.221 e. The highest BCUT2D eigenvalue weighted by Crippen LogP contribution is 2.30. The lowest BCUT2D eigenvalue weighted by Crippen LogP contribution is -2.43. The van der Waals surface area contributed by atoms with Crippen LogP contribution in [0.4, 0.5) is 11.4 Å². The SMILES string of the molecule is CCNC(=O)CCN1c2ccccc2NCC1C. The molecule has 0 fully saturated rings. The number of fused-ring (bicyclic) bond motifs is 1. The van der Waals surface area contributed by atoms with Gasteiger partial charge in [-0.25, -0.2) is 0 Å². The average molecular weight is 247 g/mol. The predicted molar refractivity (Wildman–Crippen MR) is 75.0 cm³/mol. The molecule has 1 aliphatic heterocycles. The number of anilines is 2. The lowest BCUT2D eigenvalue weighted by atomic mass is 10.1. The van der Waals surface area contributed by atoms with E-state index in [1.165, 1.54) is 5.69 Å². The summed E-state index contributed by atoms with van der Waals surface area (Å²) in [5.74, 6) is 0.126. The Morgan fingerprint density at radius 1 is 1.50 bits per heavy atom. The molecule has 2 N–H and O–H groups in total. The first-order valence-corrected chi connectivity index (χ1v) is 6.58. The summed E-state index contributed by atoms with van der Waals surface area (Å²) in [6, 6.07) is 8.67. The van der Waals surface area contributed by atoms with Gasteiger partial charge >= 0.3 is 0 Å². The monoisotopic (exact) mass is 247 g/mol. The number of hydrogen-bond acceptors (Lipinski definition) is 3. The van der Waals surface area contributed by atoms with Crippen LogP contribution < -0.4 is 15.5 Å². The molecule has 0 aromatic heterocycles. The Labute approximate surface area is 108 Å². The number of nitrogens with one attached hydrogen (secondary N) is 2. The summed E-state index contributed by atoms with van der Waals surface area (Å²) in [6.07, 6.45) is 0.548. The zero-order chi connectivity index (χ0) is 13.0. The molecule has 0 aliphatic carbocycles. The Hall–Kier alpha value is -1.71. The lowest BCUT2D eigenvalue weighted by Gasteiger charge is -2.37. The number of hydrogen-bond donors (Lipinski definition) is 2. The molecule has 0 bridgehead atoms. The fourth-order valence-electron chi connectivity index (χ4n) is 2.33. The van der Waals surface area contributed by atoms with Crippen molar-refractivity contribution in [1.82, 2.24) is 5.32 Å². The molecule has 4 heteroatoms. The van der Waals surface area contributed by atoms with Crippen molar-refractivity contribution in [1.29, 1.82) is 0 Å². The summed E-state index contributed by atoms with van der Waals surface area (Å²) in [7, 11) is 0. The van der Waals surface area contributed by atoms with Crippen molar-refractivity contribution in [3.05, 3.63) is 24.3 Å². The summed E-state index contributed by atoms with van der Waals surface area (Å²) in [6.45, 7) is 6.52. The zero-order valence-corrected chi connectivity index (χ0v) is 11.1. The summed E-state index contributed by atoms with van der Waals surface area (Å²) in [4.78, 5) is 13.9. The van der Waals surface area contributed by atoms with Crippen LogP contribution in [0.1, 0.15) is 20.3 Å². The van der Waals surface area contributed by atoms with E-state index in [0.717, 1.165) is 18.8 Å². The first kappa shape index (κ1) is 12.7. The van der Waals surface area contributed by atoms with Crippen molar-refractivity contribution < 1.29 is 4.79 Å². The third-order valence-electron chi connectivity index (χ3n) is 3.29. The number of benzene rings is 1. The van der Waals surface area contributed by atoms with Gasteiger partial charge in [0.2, 0.25) is 5.91 Å². The minimum Gasteiger partial charge on any atom is -0.381 e. The Bertz CT molecular complexity index is 419. The molecular weight excluding hydrogens is 226 g/mol. The first-order chi connectivity index (χ1) is 8.72. The molecule has 1 atom stereocenters. The number of carbonyl (C=O) groups excluding carboxylic acids is 1. The van der Waals surface area contributed by atoms with Crippen LogP contribution in [-0.4, -0.2) is 31.6 Å². The van der Waals surface area contributed by atoms with Gasteiger partial charge in [0.15, 0.2) is 0 Å². The van der Waals surface area contributed by atoms with E-state index in [4.69, 9.17) is 0 Å². The number of nitrogens with zero attached hydrogens (tertiary/aromatic N) is 1. The van der Waals surface area contributed by atoms with E-state index in [-0.39, 0.29) is 5.91 Å². The van der Waals surface area contributed by atoms with Gasteiger partial charge in [-0.05, 0) is 26.0 Å². The maximum Gasteiger partial charge on any atom is 0.221 e.